The zero-order valence-corrected chi connectivity index (χ0v) is 10.3. The summed E-state index contributed by atoms with van der Waals surface area (Å²) in [5.74, 6) is 5.83. The maximum Gasteiger partial charge on any atom is 0.276 e. The number of anilines is 3. The molecule has 0 spiro atoms. The summed E-state index contributed by atoms with van der Waals surface area (Å²) in [6.07, 6.45) is 0. The lowest BCUT2D eigenvalue weighted by Crippen LogP contribution is -2.10. The SMILES string of the molecule is Cc1ccccc1Nc1cc([N+](=O)[O-])cc(NN)n1. The van der Waals surface area contributed by atoms with Crippen LogP contribution in [0.5, 0.6) is 0 Å². The average molecular weight is 259 g/mol. The Morgan fingerprint density at radius 3 is 2.58 bits per heavy atom. The number of hydrogen-bond donors (Lipinski definition) is 3. The van der Waals surface area contributed by atoms with Crippen LogP contribution in [-0.2, 0) is 0 Å². The molecule has 0 aliphatic carbocycles. The molecule has 0 unspecified atom stereocenters. The molecule has 0 bridgehead atoms. The smallest absolute Gasteiger partial charge is 0.276 e. The van der Waals surface area contributed by atoms with Gasteiger partial charge in [-0.25, -0.2) is 10.8 Å². The van der Waals surface area contributed by atoms with Crippen molar-refractivity contribution in [2.45, 2.75) is 6.92 Å². The Labute approximate surface area is 109 Å². The van der Waals surface area contributed by atoms with Crippen LogP contribution in [0.1, 0.15) is 5.56 Å². The van der Waals surface area contributed by atoms with Crippen LogP contribution in [0.25, 0.3) is 0 Å². The zero-order valence-electron chi connectivity index (χ0n) is 10.3. The number of nitrogens with one attached hydrogen (secondary N) is 2. The maximum atomic E-state index is 10.8. The second-order valence-corrected chi connectivity index (χ2v) is 3.94. The van der Waals surface area contributed by atoms with E-state index in [2.05, 4.69) is 15.7 Å². The van der Waals surface area contributed by atoms with Crippen LogP contribution in [0.15, 0.2) is 36.4 Å². The third-order valence-electron chi connectivity index (χ3n) is 2.58. The number of nitro groups is 1. The van der Waals surface area contributed by atoms with E-state index in [0.717, 1.165) is 11.3 Å². The number of nitrogens with two attached hydrogens (primary N) is 1. The summed E-state index contributed by atoms with van der Waals surface area (Å²) in [4.78, 5) is 14.4. The van der Waals surface area contributed by atoms with Crippen molar-refractivity contribution in [3.63, 3.8) is 0 Å². The highest BCUT2D eigenvalue weighted by atomic mass is 16.6. The largest absolute Gasteiger partial charge is 0.340 e. The second kappa shape index (κ2) is 5.32. The van der Waals surface area contributed by atoms with E-state index in [9.17, 15) is 10.1 Å². The van der Waals surface area contributed by atoms with Crippen molar-refractivity contribution >= 4 is 23.0 Å². The van der Waals surface area contributed by atoms with Gasteiger partial charge in [-0.15, -0.1) is 0 Å². The average Bonchev–Trinajstić information content (AvgIpc) is 2.41. The third kappa shape index (κ3) is 2.96. The number of rotatable bonds is 4. The Balaban J connectivity index is 2.37. The summed E-state index contributed by atoms with van der Waals surface area (Å²) in [5.41, 5.74) is 4.07. The molecule has 1 heterocycles. The van der Waals surface area contributed by atoms with Crippen molar-refractivity contribution in [2.75, 3.05) is 10.7 Å². The molecule has 0 saturated heterocycles. The summed E-state index contributed by atoms with van der Waals surface area (Å²) in [5, 5.41) is 13.9. The molecule has 2 aromatic rings. The standard InChI is InChI=1S/C12H13N5O2/c1-8-4-2-3-5-10(8)14-11-6-9(17(18)19)7-12(15-11)16-13/h2-7H,13H2,1H3,(H2,14,15,16). The molecule has 1 aromatic heterocycles. The summed E-state index contributed by atoms with van der Waals surface area (Å²) < 4.78 is 0. The molecule has 2 rings (SSSR count). The van der Waals surface area contributed by atoms with Crippen molar-refractivity contribution in [2.24, 2.45) is 5.84 Å². The first-order chi connectivity index (χ1) is 9.10. The minimum absolute atomic E-state index is 0.0842. The Morgan fingerprint density at radius 1 is 1.26 bits per heavy atom. The van der Waals surface area contributed by atoms with Crippen molar-refractivity contribution < 1.29 is 4.92 Å². The molecule has 0 aliphatic heterocycles. The van der Waals surface area contributed by atoms with Gasteiger partial charge < -0.3 is 10.7 Å². The van der Waals surface area contributed by atoms with Crippen molar-refractivity contribution in [3.05, 3.63) is 52.1 Å². The van der Waals surface area contributed by atoms with Gasteiger partial charge in [0.05, 0.1) is 17.1 Å². The molecule has 0 saturated carbocycles. The molecule has 7 nitrogen and oxygen atoms in total. The number of hydrazine groups is 1. The highest BCUT2D eigenvalue weighted by Crippen LogP contribution is 2.24. The lowest BCUT2D eigenvalue weighted by atomic mass is 10.2. The van der Waals surface area contributed by atoms with Gasteiger partial charge in [-0.3, -0.25) is 10.1 Å². The van der Waals surface area contributed by atoms with E-state index in [-0.39, 0.29) is 11.5 Å². The third-order valence-corrected chi connectivity index (χ3v) is 2.58. The van der Waals surface area contributed by atoms with E-state index in [0.29, 0.717) is 5.82 Å². The van der Waals surface area contributed by atoms with Gasteiger partial charge in [-0.05, 0) is 18.6 Å². The van der Waals surface area contributed by atoms with Crippen LogP contribution in [0.2, 0.25) is 0 Å². The van der Waals surface area contributed by atoms with E-state index < -0.39 is 4.92 Å². The van der Waals surface area contributed by atoms with Gasteiger partial charge in [0.15, 0.2) is 0 Å². The molecule has 0 aliphatic rings. The number of benzene rings is 1. The minimum atomic E-state index is -0.494. The molecule has 7 heteroatoms. The quantitative estimate of drug-likeness (QED) is 0.442. The number of hydrogen-bond acceptors (Lipinski definition) is 6. The Bertz CT molecular complexity index is 615. The molecule has 0 radical (unpaired) electrons. The fourth-order valence-electron chi connectivity index (χ4n) is 1.61. The second-order valence-electron chi connectivity index (χ2n) is 3.94. The van der Waals surface area contributed by atoms with Crippen LogP contribution < -0.4 is 16.6 Å². The van der Waals surface area contributed by atoms with Crippen LogP contribution in [0, 0.1) is 17.0 Å². The zero-order chi connectivity index (χ0) is 13.8. The van der Waals surface area contributed by atoms with Crippen LogP contribution in [0.4, 0.5) is 23.0 Å². The molecular weight excluding hydrogens is 246 g/mol. The summed E-state index contributed by atoms with van der Waals surface area (Å²) in [6, 6.07) is 10.2. The number of para-hydroxylation sites is 1. The van der Waals surface area contributed by atoms with E-state index in [1.807, 2.05) is 31.2 Å². The summed E-state index contributed by atoms with van der Waals surface area (Å²) in [7, 11) is 0. The van der Waals surface area contributed by atoms with E-state index in [1.54, 1.807) is 0 Å². The first-order valence-corrected chi connectivity index (χ1v) is 5.56. The van der Waals surface area contributed by atoms with Crippen molar-refractivity contribution in [3.8, 4) is 0 Å². The highest BCUT2D eigenvalue weighted by Gasteiger charge is 2.11. The molecule has 98 valence electrons. The highest BCUT2D eigenvalue weighted by molar-refractivity contribution is 5.64. The predicted molar refractivity (Wildman–Crippen MR) is 73.2 cm³/mol. The first-order valence-electron chi connectivity index (χ1n) is 5.56. The molecule has 0 amide bonds. The Kier molecular flexibility index (Phi) is 3.58. The van der Waals surface area contributed by atoms with Gasteiger partial charge in [0.2, 0.25) is 0 Å². The number of aryl methyl sites for hydroxylation is 1. The van der Waals surface area contributed by atoms with E-state index in [1.165, 1.54) is 12.1 Å². The van der Waals surface area contributed by atoms with E-state index in [4.69, 9.17) is 5.84 Å². The molecular formula is C12H13N5O2. The normalized spacial score (nSPS) is 10.0. The van der Waals surface area contributed by atoms with Gasteiger partial charge in [0.25, 0.3) is 5.69 Å². The maximum absolute atomic E-state index is 10.8. The number of nitrogen functional groups attached to an aromatic ring is 1. The Morgan fingerprint density at radius 2 is 1.95 bits per heavy atom. The molecule has 0 fully saturated rings. The lowest BCUT2D eigenvalue weighted by molar-refractivity contribution is -0.384. The van der Waals surface area contributed by atoms with Crippen LogP contribution in [-0.4, -0.2) is 9.91 Å². The molecule has 0 atom stereocenters. The van der Waals surface area contributed by atoms with Crippen LogP contribution >= 0.6 is 0 Å². The fourth-order valence-corrected chi connectivity index (χ4v) is 1.61. The predicted octanol–water partition coefficient (Wildman–Crippen LogP) is 2.33. The van der Waals surface area contributed by atoms with Crippen molar-refractivity contribution in [1.82, 2.24) is 4.98 Å². The minimum Gasteiger partial charge on any atom is -0.340 e. The first kappa shape index (κ1) is 12.8. The molecule has 19 heavy (non-hydrogen) atoms. The number of nitrogens with zero attached hydrogens (tertiary/aromatic N) is 2. The summed E-state index contributed by atoms with van der Waals surface area (Å²) >= 11 is 0. The fraction of sp³-hybridized carbons (Fsp3) is 0.0833. The number of aromatic nitrogens is 1. The lowest BCUT2D eigenvalue weighted by Gasteiger charge is -2.09. The van der Waals surface area contributed by atoms with Gasteiger partial charge in [-0.1, -0.05) is 18.2 Å². The van der Waals surface area contributed by atoms with Gasteiger partial charge in [0.1, 0.15) is 11.6 Å². The van der Waals surface area contributed by atoms with Crippen LogP contribution in [0.3, 0.4) is 0 Å². The van der Waals surface area contributed by atoms with Crippen molar-refractivity contribution in [1.29, 1.82) is 0 Å². The Hall–Kier alpha value is -2.67. The van der Waals surface area contributed by atoms with Gasteiger partial charge in [-0.2, -0.15) is 0 Å². The van der Waals surface area contributed by atoms with Gasteiger partial charge >= 0.3 is 0 Å². The van der Waals surface area contributed by atoms with Gasteiger partial charge in [0, 0.05) is 5.69 Å². The summed E-state index contributed by atoms with van der Waals surface area (Å²) in [6.45, 7) is 1.93. The number of pyridine rings is 1. The molecule has 4 N–H and O–H groups in total. The topological polar surface area (TPSA) is 106 Å². The molecule has 1 aromatic carbocycles. The monoisotopic (exact) mass is 259 g/mol. The van der Waals surface area contributed by atoms with E-state index >= 15 is 0 Å².